The largest absolute Gasteiger partial charge is 0.506 e. The van der Waals surface area contributed by atoms with Crippen LogP contribution in [0.3, 0.4) is 0 Å². The number of para-hydroxylation sites is 1. The first-order valence-electron chi connectivity index (χ1n) is 6.10. The molecule has 1 aromatic carbocycles. The second-order valence-electron chi connectivity index (χ2n) is 4.34. The van der Waals surface area contributed by atoms with Gasteiger partial charge in [-0.05, 0) is 12.6 Å². The maximum atomic E-state index is 9.79. The Labute approximate surface area is 110 Å². The van der Waals surface area contributed by atoms with Gasteiger partial charge in [0.15, 0.2) is 0 Å². The van der Waals surface area contributed by atoms with E-state index < -0.39 is 0 Å². The number of rotatable bonds is 3. The Bertz CT molecular complexity index is 720. The third kappa shape index (κ3) is 2.04. The van der Waals surface area contributed by atoms with Crippen molar-refractivity contribution in [2.24, 2.45) is 5.73 Å². The molecule has 0 aliphatic rings. The lowest BCUT2D eigenvalue weighted by Crippen LogP contribution is -2.05. The van der Waals surface area contributed by atoms with Crippen LogP contribution in [-0.2, 0) is 6.42 Å². The highest BCUT2D eigenvalue weighted by Gasteiger charge is 2.10. The molecular formula is C14H14N4O. The highest BCUT2D eigenvalue weighted by Crippen LogP contribution is 2.31. The van der Waals surface area contributed by atoms with E-state index in [1.807, 2.05) is 18.3 Å². The smallest absolute Gasteiger partial charge is 0.139 e. The first kappa shape index (κ1) is 11.7. The maximum Gasteiger partial charge on any atom is 0.139 e. The molecule has 2 aromatic heterocycles. The van der Waals surface area contributed by atoms with Crippen LogP contribution >= 0.6 is 0 Å². The molecule has 0 aliphatic carbocycles. The van der Waals surface area contributed by atoms with Crippen LogP contribution in [0.25, 0.3) is 22.2 Å². The highest BCUT2D eigenvalue weighted by atomic mass is 16.3. The number of hydrogen-bond donors (Lipinski definition) is 3. The van der Waals surface area contributed by atoms with Crippen molar-refractivity contribution < 1.29 is 5.11 Å². The monoisotopic (exact) mass is 254 g/mol. The third-order valence-corrected chi connectivity index (χ3v) is 3.05. The number of nitrogens with one attached hydrogen (secondary N) is 1. The number of phenolic OH excluding ortho intramolecular Hbond substituents is 1. The number of hydrogen-bond acceptors (Lipinski definition) is 4. The number of benzene rings is 1. The quantitative estimate of drug-likeness (QED) is 0.665. The summed E-state index contributed by atoms with van der Waals surface area (Å²) in [6.07, 6.45) is 5.98. The van der Waals surface area contributed by atoms with E-state index in [4.69, 9.17) is 5.73 Å². The van der Waals surface area contributed by atoms with Crippen LogP contribution in [0.4, 0.5) is 0 Å². The topological polar surface area (TPSA) is 87.8 Å². The van der Waals surface area contributed by atoms with Gasteiger partial charge in [-0.3, -0.25) is 4.98 Å². The predicted octanol–water partition coefficient (Wildman–Crippen LogP) is 1.83. The molecule has 0 saturated heterocycles. The molecule has 0 bridgehead atoms. The fourth-order valence-electron chi connectivity index (χ4n) is 2.15. The molecule has 96 valence electrons. The lowest BCUT2D eigenvalue weighted by Gasteiger charge is -2.02. The van der Waals surface area contributed by atoms with Crippen molar-refractivity contribution in [2.75, 3.05) is 6.54 Å². The van der Waals surface area contributed by atoms with Gasteiger partial charge in [0.2, 0.25) is 0 Å². The van der Waals surface area contributed by atoms with E-state index in [-0.39, 0.29) is 5.75 Å². The van der Waals surface area contributed by atoms with Crippen molar-refractivity contribution >= 4 is 10.9 Å². The molecule has 0 aliphatic heterocycles. The molecular weight excluding hydrogens is 240 g/mol. The van der Waals surface area contributed by atoms with Crippen LogP contribution in [0.1, 0.15) is 5.69 Å². The van der Waals surface area contributed by atoms with E-state index in [1.165, 1.54) is 0 Å². The molecule has 3 rings (SSSR count). The number of aromatic hydroxyl groups is 1. The van der Waals surface area contributed by atoms with Crippen LogP contribution in [-0.4, -0.2) is 26.6 Å². The Hall–Kier alpha value is -2.40. The van der Waals surface area contributed by atoms with Gasteiger partial charge in [0.25, 0.3) is 0 Å². The Morgan fingerprint density at radius 2 is 2.16 bits per heavy atom. The average Bonchev–Trinajstić information content (AvgIpc) is 2.85. The van der Waals surface area contributed by atoms with Gasteiger partial charge in [0.1, 0.15) is 5.75 Å². The van der Waals surface area contributed by atoms with Crippen LogP contribution in [0.15, 0.2) is 36.8 Å². The van der Waals surface area contributed by atoms with Gasteiger partial charge < -0.3 is 15.8 Å². The van der Waals surface area contributed by atoms with Crippen molar-refractivity contribution in [2.45, 2.75) is 6.42 Å². The summed E-state index contributed by atoms with van der Waals surface area (Å²) >= 11 is 0. The number of nitrogens with two attached hydrogens (primary N) is 1. The summed E-state index contributed by atoms with van der Waals surface area (Å²) in [6.45, 7) is 0.548. The van der Waals surface area contributed by atoms with Crippen molar-refractivity contribution in [3.8, 4) is 17.0 Å². The molecule has 0 radical (unpaired) electrons. The molecule has 0 atom stereocenters. The van der Waals surface area contributed by atoms with Crippen molar-refractivity contribution in [3.05, 3.63) is 42.5 Å². The van der Waals surface area contributed by atoms with Crippen LogP contribution in [0.5, 0.6) is 5.75 Å². The van der Waals surface area contributed by atoms with Crippen molar-refractivity contribution in [1.29, 1.82) is 0 Å². The fraction of sp³-hybridized carbons (Fsp3) is 0.143. The molecule has 5 nitrogen and oxygen atoms in total. The first-order valence-corrected chi connectivity index (χ1v) is 6.10. The zero-order chi connectivity index (χ0) is 13.2. The average molecular weight is 254 g/mol. The summed E-state index contributed by atoms with van der Waals surface area (Å²) < 4.78 is 0. The van der Waals surface area contributed by atoms with Gasteiger partial charge in [-0.25, -0.2) is 4.98 Å². The molecule has 0 unspecified atom stereocenters. The summed E-state index contributed by atoms with van der Waals surface area (Å²) in [5, 5.41) is 10.7. The molecule has 0 saturated carbocycles. The number of nitrogens with zero attached hydrogens (tertiary/aromatic N) is 2. The first-order chi connectivity index (χ1) is 9.29. The number of fused-ring (bicyclic) bond motifs is 1. The van der Waals surface area contributed by atoms with E-state index >= 15 is 0 Å². The van der Waals surface area contributed by atoms with Gasteiger partial charge >= 0.3 is 0 Å². The number of aromatic nitrogens is 3. The summed E-state index contributed by atoms with van der Waals surface area (Å²) in [6, 6.07) is 5.41. The minimum absolute atomic E-state index is 0.231. The van der Waals surface area contributed by atoms with E-state index in [0.717, 1.165) is 22.3 Å². The molecule has 19 heavy (non-hydrogen) atoms. The SMILES string of the molecule is NCCc1cncc(-c2c[nH]c3c(O)cccc23)n1. The zero-order valence-electron chi connectivity index (χ0n) is 10.3. The molecule has 0 amide bonds. The number of phenols is 1. The fourth-order valence-corrected chi connectivity index (χ4v) is 2.15. The third-order valence-electron chi connectivity index (χ3n) is 3.05. The molecule has 0 spiro atoms. The van der Waals surface area contributed by atoms with E-state index in [9.17, 15) is 5.11 Å². The normalized spacial score (nSPS) is 11.0. The summed E-state index contributed by atoms with van der Waals surface area (Å²) in [4.78, 5) is 11.8. The van der Waals surface area contributed by atoms with Crippen molar-refractivity contribution in [3.63, 3.8) is 0 Å². The van der Waals surface area contributed by atoms with E-state index in [2.05, 4.69) is 15.0 Å². The Kier molecular flexibility index (Phi) is 2.89. The van der Waals surface area contributed by atoms with Gasteiger partial charge in [-0.1, -0.05) is 12.1 Å². The minimum Gasteiger partial charge on any atom is -0.506 e. The molecule has 5 heteroatoms. The second kappa shape index (κ2) is 4.70. The highest BCUT2D eigenvalue weighted by molar-refractivity contribution is 5.97. The van der Waals surface area contributed by atoms with Gasteiger partial charge in [-0.2, -0.15) is 0 Å². The van der Waals surface area contributed by atoms with Crippen molar-refractivity contribution in [1.82, 2.24) is 15.0 Å². The number of aromatic amines is 1. The number of H-pyrrole nitrogens is 1. The summed E-state index contributed by atoms with van der Waals surface area (Å²) in [5.41, 5.74) is 8.82. The lowest BCUT2D eigenvalue weighted by atomic mass is 10.1. The standard InChI is InChI=1S/C14H14N4O/c15-5-4-9-6-16-8-12(18-9)11-7-17-14-10(11)2-1-3-13(14)19/h1-3,6-8,17,19H,4-5,15H2. The predicted molar refractivity (Wildman–Crippen MR) is 73.7 cm³/mol. The van der Waals surface area contributed by atoms with Crippen LogP contribution in [0.2, 0.25) is 0 Å². The Morgan fingerprint density at radius 1 is 1.26 bits per heavy atom. The second-order valence-corrected chi connectivity index (χ2v) is 4.34. The maximum absolute atomic E-state index is 9.79. The minimum atomic E-state index is 0.231. The van der Waals surface area contributed by atoms with E-state index in [1.54, 1.807) is 18.5 Å². The molecule has 0 fully saturated rings. The van der Waals surface area contributed by atoms with Gasteiger partial charge in [0, 0.05) is 29.8 Å². The Balaban J connectivity index is 2.14. The summed E-state index contributed by atoms with van der Waals surface area (Å²) in [7, 11) is 0. The molecule has 2 heterocycles. The lowest BCUT2D eigenvalue weighted by molar-refractivity contribution is 0.480. The van der Waals surface area contributed by atoms with Gasteiger partial charge in [-0.15, -0.1) is 0 Å². The molecule has 4 N–H and O–H groups in total. The zero-order valence-corrected chi connectivity index (χ0v) is 10.3. The molecule has 3 aromatic rings. The van der Waals surface area contributed by atoms with Crippen LogP contribution < -0.4 is 5.73 Å². The Morgan fingerprint density at radius 3 is 3.00 bits per heavy atom. The van der Waals surface area contributed by atoms with Crippen LogP contribution in [0, 0.1) is 0 Å². The summed E-state index contributed by atoms with van der Waals surface area (Å²) in [5.74, 6) is 0.231. The van der Waals surface area contributed by atoms with Gasteiger partial charge in [0.05, 0.1) is 23.1 Å². The van der Waals surface area contributed by atoms with E-state index in [0.29, 0.717) is 18.5 Å².